The van der Waals surface area contributed by atoms with E-state index in [1.165, 1.54) is 0 Å². The minimum Gasteiger partial charge on any atom is -0.400 e. The quantitative estimate of drug-likeness (QED) is 0.431. The number of hydrazine groups is 1. The van der Waals surface area contributed by atoms with Gasteiger partial charge in [-0.2, -0.15) is 8.78 Å². The lowest BCUT2D eigenvalue weighted by molar-refractivity contribution is 0.0194. The molecule has 0 bridgehead atoms. The predicted molar refractivity (Wildman–Crippen MR) is 46.6 cm³/mol. The summed E-state index contributed by atoms with van der Waals surface area (Å²) in [7, 11) is 0. The number of hydrogen-bond donors (Lipinski definition) is 3. The summed E-state index contributed by atoms with van der Waals surface area (Å²) in [5.41, 5.74) is 7.40. The van der Waals surface area contributed by atoms with Gasteiger partial charge in [-0.1, -0.05) is 6.42 Å². The van der Waals surface area contributed by atoms with Crippen LogP contribution >= 0.6 is 0 Å². The molecule has 0 aromatic heterocycles. The van der Waals surface area contributed by atoms with Crippen LogP contribution < -0.4 is 17.0 Å². The van der Waals surface area contributed by atoms with Gasteiger partial charge in [0.1, 0.15) is 5.70 Å². The van der Waals surface area contributed by atoms with Gasteiger partial charge in [0.25, 0.3) is 5.92 Å². The fourth-order valence-electron chi connectivity index (χ4n) is 1.52. The molecule has 5 heteroatoms. The highest BCUT2D eigenvalue weighted by Crippen LogP contribution is 2.32. The molecule has 0 spiro atoms. The molecule has 1 aliphatic rings. The monoisotopic (exact) mass is 191 g/mol. The Kier molecular flexibility index (Phi) is 3.08. The molecule has 0 amide bonds. The lowest BCUT2D eigenvalue weighted by atomic mass is 9.99. The van der Waals surface area contributed by atoms with E-state index >= 15 is 0 Å². The lowest BCUT2D eigenvalue weighted by Gasteiger charge is -2.23. The summed E-state index contributed by atoms with van der Waals surface area (Å²) in [6.45, 7) is 0. The van der Waals surface area contributed by atoms with Crippen molar-refractivity contribution in [2.75, 3.05) is 0 Å². The van der Waals surface area contributed by atoms with Crippen molar-refractivity contribution < 1.29 is 8.78 Å². The minimum absolute atomic E-state index is 0.173. The maximum absolute atomic E-state index is 13.3. The Balaban J connectivity index is 2.91. The van der Waals surface area contributed by atoms with Crippen LogP contribution in [0.2, 0.25) is 0 Å². The van der Waals surface area contributed by atoms with Crippen LogP contribution in [0.5, 0.6) is 0 Å². The van der Waals surface area contributed by atoms with E-state index in [-0.39, 0.29) is 17.8 Å². The van der Waals surface area contributed by atoms with Gasteiger partial charge in [0, 0.05) is 12.1 Å². The van der Waals surface area contributed by atoms with Crippen molar-refractivity contribution in [3.8, 4) is 0 Å². The van der Waals surface area contributed by atoms with Crippen LogP contribution in [0, 0.1) is 0 Å². The van der Waals surface area contributed by atoms with Crippen LogP contribution in [0.15, 0.2) is 11.4 Å². The molecule has 0 fully saturated rings. The van der Waals surface area contributed by atoms with Gasteiger partial charge >= 0.3 is 0 Å². The zero-order valence-corrected chi connectivity index (χ0v) is 7.45. The van der Waals surface area contributed by atoms with E-state index in [1.807, 2.05) is 5.43 Å². The van der Waals surface area contributed by atoms with E-state index in [0.29, 0.717) is 12.8 Å². The van der Waals surface area contributed by atoms with Gasteiger partial charge in [-0.05, 0) is 19.3 Å². The largest absolute Gasteiger partial charge is 0.400 e. The Labute approximate surface area is 76.1 Å². The molecule has 0 aromatic rings. The van der Waals surface area contributed by atoms with Crippen LogP contribution in [-0.2, 0) is 0 Å². The second-order valence-corrected chi connectivity index (χ2v) is 3.31. The molecule has 0 saturated heterocycles. The van der Waals surface area contributed by atoms with Crippen LogP contribution in [0.3, 0.4) is 0 Å². The normalized spacial score (nSPS) is 29.2. The van der Waals surface area contributed by atoms with E-state index < -0.39 is 5.92 Å². The molecular formula is C8H15F2N3. The van der Waals surface area contributed by atoms with Crippen LogP contribution in [-0.4, -0.2) is 5.92 Å². The van der Waals surface area contributed by atoms with E-state index in [2.05, 4.69) is 0 Å². The molecule has 0 atom stereocenters. The molecule has 0 saturated carbocycles. The fourth-order valence-corrected chi connectivity index (χ4v) is 1.52. The van der Waals surface area contributed by atoms with Crippen LogP contribution in [0.1, 0.15) is 32.1 Å². The van der Waals surface area contributed by atoms with E-state index in [4.69, 9.17) is 11.6 Å². The zero-order valence-electron chi connectivity index (χ0n) is 7.45. The molecular weight excluding hydrogens is 176 g/mol. The van der Waals surface area contributed by atoms with E-state index in [1.54, 1.807) is 0 Å². The van der Waals surface area contributed by atoms with Crippen molar-refractivity contribution in [1.29, 1.82) is 0 Å². The molecule has 0 unspecified atom stereocenters. The summed E-state index contributed by atoms with van der Waals surface area (Å²) in [4.78, 5) is 0. The Hall–Kier alpha value is -0.840. The smallest absolute Gasteiger partial charge is 0.290 e. The number of hydrogen-bond acceptors (Lipinski definition) is 3. The second-order valence-electron chi connectivity index (χ2n) is 3.31. The Morgan fingerprint density at radius 1 is 1.23 bits per heavy atom. The standard InChI is InChI=1S/C8H15F2N3/c9-8(10)5-3-1-2-4-6(11)7(8)13-12/h13H,1-5,11-12H2/b7-6-. The summed E-state index contributed by atoms with van der Waals surface area (Å²) in [5.74, 6) is 2.13. The number of alkyl halides is 2. The zero-order chi connectivity index (χ0) is 9.90. The summed E-state index contributed by atoms with van der Waals surface area (Å²) >= 11 is 0. The first-order valence-electron chi connectivity index (χ1n) is 4.41. The van der Waals surface area contributed by atoms with Crippen LogP contribution in [0.25, 0.3) is 0 Å². The molecule has 76 valence electrons. The third kappa shape index (κ3) is 2.30. The Morgan fingerprint density at radius 2 is 1.92 bits per heavy atom. The Bertz CT molecular complexity index is 213. The molecule has 0 heterocycles. The summed E-state index contributed by atoms with van der Waals surface area (Å²) in [6, 6.07) is 0. The first-order valence-corrected chi connectivity index (χ1v) is 4.41. The maximum Gasteiger partial charge on any atom is 0.290 e. The number of allylic oxidation sites excluding steroid dienone is 2. The first kappa shape index (κ1) is 10.2. The number of nitrogens with two attached hydrogens (primary N) is 2. The highest BCUT2D eigenvalue weighted by molar-refractivity contribution is 5.17. The van der Waals surface area contributed by atoms with Crippen molar-refractivity contribution in [2.45, 2.75) is 38.0 Å². The highest BCUT2D eigenvalue weighted by atomic mass is 19.3. The topological polar surface area (TPSA) is 64.1 Å². The van der Waals surface area contributed by atoms with Crippen molar-refractivity contribution in [2.24, 2.45) is 11.6 Å². The molecule has 1 aliphatic carbocycles. The second kappa shape index (κ2) is 3.91. The van der Waals surface area contributed by atoms with Crippen molar-refractivity contribution in [3.05, 3.63) is 11.4 Å². The lowest BCUT2D eigenvalue weighted by Crippen LogP contribution is -2.37. The van der Waals surface area contributed by atoms with Crippen molar-refractivity contribution in [1.82, 2.24) is 5.43 Å². The third-order valence-electron chi connectivity index (χ3n) is 2.27. The first-order chi connectivity index (χ1) is 6.08. The summed E-state index contributed by atoms with van der Waals surface area (Å²) in [5, 5.41) is 0. The number of halogens is 2. The summed E-state index contributed by atoms with van der Waals surface area (Å²) < 4.78 is 26.6. The van der Waals surface area contributed by atoms with Crippen molar-refractivity contribution >= 4 is 0 Å². The van der Waals surface area contributed by atoms with Gasteiger partial charge in [-0.3, -0.25) is 5.84 Å². The SMILES string of the molecule is NN/C1=C(\N)CCCCCC1(F)F. The molecule has 13 heavy (non-hydrogen) atoms. The molecule has 0 radical (unpaired) electrons. The van der Waals surface area contributed by atoms with E-state index in [9.17, 15) is 8.78 Å². The average molecular weight is 191 g/mol. The number of nitrogens with one attached hydrogen (secondary N) is 1. The molecule has 5 N–H and O–H groups in total. The average Bonchev–Trinajstić information content (AvgIpc) is 2.02. The van der Waals surface area contributed by atoms with Gasteiger partial charge in [0.05, 0.1) is 0 Å². The summed E-state index contributed by atoms with van der Waals surface area (Å²) in [6.07, 6.45) is 2.50. The third-order valence-corrected chi connectivity index (χ3v) is 2.27. The molecule has 0 aromatic carbocycles. The van der Waals surface area contributed by atoms with E-state index in [0.717, 1.165) is 12.8 Å². The van der Waals surface area contributed by atoms with Gasteiger partial charge in [0.15, 0.2) is 0 Å². The van der Waals surface area contributed by atoms with Gasteiger partial charge in [-0.25, -0.2) is 0 Å². The Morgan fingerprint density at radius 3 is 2.54 bits per heavy atom. The van der Waals surface area contributed by atoms with Crippen molar-refractivity contribution in [3.63, 3.8) is 0 Å². The molecule has 0 aliphatic heterocycles. The van der Waals surface area contributed by atoms with Gasteiger partial charge in [-0.15, -0.1) is 0 Å². The predicted octanol–water partition coefficient (Wildman–Crippen LogP) is 1.22. The molecule has 1 rings (SSSR count). The van der Waals surface area contributed by atoms with Gasteiger partial charge < -0.3 is 11.2 Å². The van der Waals surface area contributed by atoms with Gasteiger partial charge in [0.2, 0.25) is 0 Å². The fraction of sp³-hybridized carbons (Fsp3) is 0.750. The highest BCUT2D eigenvalue weighted by Gasteiger charge is 2.36. The molecule has 3 nitrogen and oxygen atoms in total. The maximum atomic E-state index is 13.3. The van der Waals surface area contributed by atoms with Crippen LogP contribution in [0.4, 0.5) is 8.78 Å². The minimum atomic E-state index is -2.89. The number of rotatable bonds is 1.